The molecular formula is C4H5B2NO2. The van der Waals surface area contributed by atoms with E-state index in [9.17, 15) is 4.79 Å². The van der Waals surface area contributed by atoms with Crippen molar-refractivity contribution in [3.05, 3.63) is 0 Å². The second-order valence-electron chi connectivity index (χ2n) is 2.08. The Morgan fingerprint density at radius 3 is 2.67 bits per heavy atom. The monoisotopic (exact) mass is 121 g/mol. The second kappa shape index (κ2) is 2.06. The van der Waals surface area contributed by atoms with Crippen molar-refractivity contribution in [1.82, 2.24) is 5.32 Å². The highest BCUT2D eigenvalue weighted by atomic mass is 16.5. The molecule has 0 atom stereocenters. The van der Waals surface area contributed by atoms with Gasteiger partial charge < -0.3 is 10.1 Å². The van der Waals surface area contributed by atoms with Crippen LogP contribution in [0.3, 0.4) is 0 Å². The molecule has 1 aliphatic heterocycles. The first kappa shape index (κ1) is 6.68. The summed E-state index contributed by atoms with van der Waals surface area (Å²) in [7, 11) is 10.6. The second-order valence-corrected chi connectivity index (χ2v) is 2.08. The summed E-state index contributed by atoms with van der Waals surface area (Å²) >= 11 is 0. The van der Waals surface area contributed by atoms with E-state index in [-0.39, 0.29) is 19.1 Å². The fourth-order valence-electron chi connectivity index (χ4n) is 0.644. The number of morpholine rings is 1. The van der Waals surface area contributed by atoms with Gasteiger partial charge in [0.05, 0.1) is 22.3 Å². The van der Waals surface area contributed by atoms with Crippen molar-refractivity contribution in [2.24, 2.45) is 0 Å². The zero-order chi connectivity index (χ0) is 6.91. The van der Waals surface area contributed by atoms with E-state index in [1.165, 1.54) is 0 Å². The number of carbonyl (C=O) groups is 1. The summed E-state index contributed by atoms with van der Waals surface area (Å²) in [5, 5.41) is 1.18. The first-order valence-electron chi connectivity index (χ1n) is 2.57. The average Bonchev–Trinajstić information content (AvgIpc) is 1.60. The number of hydrogen-bond donors (Lipinski definition) is 1. The number of ether oxygens (including phenoxy) is 1. The van der Waals surface area contributed by atoms with Gasteiger partial charge in [0.25, 0.3) is 0 Å². The molecule has 0 aromatic carbocycles. The van der Waals surface area contributed by atoms with Gasteiger partial charge in [0.15, 0.2) is 0 Å². The fraction of sp³-hybridized carbons (Fsp3) is 0.750. The van der Waals surface area contributed by atoms with Crippen molar-refractivity contribution >= 4 is 21.6 Å². The number of rotatable bonds is 0. The highest BCUT2D eigenvalue weighted by Crippen LogP contribution is 1.98. The maximum absolute atomic E-state index is 10.5. The Hall–Kier alpha value is -0.440. The molecule has 44 valence electrons. The normalized spacial score (nSPS) is 25.1. The minimum atomic E-state index is -1.17. The summed E-state index contributed by atoms with van der Waals surface area (Å²) in [5.41, 5.74) is 0. The maximum atomic E-state index is 10.5. The first-order valence-corrected chi connectivity index (χ1v) is 2.57. The quantitative estimate of drug-likeness (QED) is 0.381. The molecule has 3 nitrogen and oxygen atoms in total. The zero-order valence-corrected chi connectivity index (χ0v) is 4.89. The molecule has 9 heavy (non-hydrogen) atoms. The van der Waals surface area contributed by atoms with Crippen molar-refractivity contribution in [3.63, 3.8) is 0 Å². The van der Waals surface area contributed by atoms with Crippen LogP contribution in [-0.4, -0.2) is 40.2 Å². The van der Waals surface area contributed by atoms with Gasteiger partial charge >= 0.3 is 0 Å². The topological polar surface area (TPSA) is 38.3 Å². The van der Waals surface area contributed by atoms with Gasteiger partial charge in [-0.3, -0.25) is 4.79 Å². The van der Waals surface area contributed by atoms with Crippen LogP contribution < -0.4 is 5.32 Å². The van der Waals surface area contributed by atoms with Gasteiger partial charge in [-0.25, -0.2) is 0 Å². The van der Waals surface area contributed by atoms with Crippen LogP contribution in [0.5, 0.6) is 0 Å². The maximum Gasteiger partial charge on any atom is 0.245 e. The highest BCUT2D eigenvalue weighted by molar-refractivity contribution is 6.41. The molecule has 1 saturated heterocycles. The molecule has 1 aliphatic rings. The fourth-order valence-corrected chi connectivity index (χ4v) is 0.644. The third-order valence-corrected chi connectivity index (χ3v) is 0.946. The number of carbonyl (C=O) groups excluding carboxylic acids is 1. The van der Waals surface area contributed by atoms with Gasteiger partial charge in [-0.05, 0) is 5.34 Å². The van der Waals surface area contributed by atoms with E-state index in [4.69, 9.17) is 20.4 Å². The molecule has 0 bridgehead atoms. The molecule has 1 heterocycles. The third-order valence-electron chi connectivity index (χ3n) is 0.946. The Bertz CT molecular complexity index is 137. The molecule has 1 N–H and O–H groups in total. The molecule has 0 unspecified atom stereocenters. The van der Waals surface area contributed by atoms with Crippen LogP contribution in [0.15, 0.2) is 0 Å². The summed E-state index contributed by atoms with van der Waals surface area (Å²) in [6, 6.07) is 0. The van der Waals surface area contributed by atoms with Crippen LogP contribution in [0.1, 0.15) is 0 Å². The van der Waals surface area contributed by atoms with Crippen molar-refractivity contribution in [1.29, 1.82) is 0 Å². The van der Waals surface area contributed by atoms with E-state index in [2.05, 4.69) is 5.32 Å². The molecule has 1 amide bonds. The van der Waals surface area contributed by atoms with E-state index in [1.807, 2.05) is 0 Å². The van der Waals surface area contributed by atoms with Crippen LogP contribution in [0.2, 0.25) is 0 Å². The van der Waals surface area contributed by atoms with E-state index in [0.717, 1.165) is 0 Å². The van der Waals surface area contributed by atoms with Crippen LogP contribution in [0, 0.1) is 0 Å². The van der Waals surface area contributed by atoms with Gasteiger partial charge in [0, 0.05) is 0 Å². The largest absolute Gasteiger partial charge is 0.371 e. The summed E-state index contributed by atoms with van der Waals surface area (Å²) in [6.07, 6.45) is 0. The van der Waals surface area contributed by atoms with Crippen LogP contribution >= 0.6 is 0 Å². The molecule has 0 aliphatic carbocycles. The van der Waals surface area contributed by atoms with Crippen LogP contribution in [0.4, 0.5) is 0 Å². The Morgan fingerprint density at radius 2 is 2.33 bits per heavy atom. The molecule has 4 radical (unpaired) electrons. The van der Waals surface area contributed by atoms with Crippen molar-refractivity contribution in [3.8, 4) is 0 Å². The minimum absolute atomic E-state index is 0.0517. The molecule has 0 aromatic heterocycles. The van der Waals surface area contributed by atoms with Crippen molar-refractivity contribution in [2.75, 3.05) is 13.2 Å². The molecule has 0 saturated carbocycles. The Labute approximate surface area is 56.0 Å². The molecule has 1 fully saturated rings. The molecule has 5 heteroatoms. The van der Waals surface area contributed by atoms with Crippen LogP contribution in [0.25, 0.3) is 0 Å². The van der Waals surface area contributed by atoms with Gasteiger partial charge in [-0.2, -0.15) is 0 Å². The van der Waals surface area contributed by atoms with E-state index >= 15 is 0 Å². The van der Waals surface area contributed by atoms with Gasteiger partial charge in [-0.15, -0.1) is 0 Å². The molecular weight excluding hydrogens is 116 g/mol. The lowest BCUT2D eigenvalue weighted by atomic mass is 9.62. The molecule has 0 spiro atoms. The summed E-state index contributed by atoms with van der Waals surface area (Å²) < 4.78 is 4.73. The van der Waals surface area contributed by atoms with E-state index in [0.29, 0.717) is 0 Å². The predicted octanol–water partition coefficient (Wildman–Crippen LogP) is -1.88. The van der Waals surface area contributed by atoms with Crippen molar-refractivity contribution < 1.29 is 9.53 Å². The molecule has 1 rings (SSSR count). The molecule has 0 aromatic rings. The van der Waals surface area contributed by atoms with Crippen molar-refractivity contribution in [2.45, 2.75) is 5.34 Å². The number of nitrogens with one attached hydrogen (secondary N) is 1. The van der Waals surface area contributed by atoms with Gasteiger partial charge in [-0.1, -0.05) is 0 Å². The van der Waals surface area contributed by atoms with E-state index < -0.39 is 5.34 Å². The summed E-state index contributed by atoms with van der Waals surface area (Å²) in [6.45, 7) is 0.217. The first-order chi connectivity index (χ1) is 4.10. The number of hydrogen-bond acceptors (Lipinski definition) is 2. The number of amides is 1. The minimum Gasteiger partial charge on any atom is -0.371 e. The van der Waals surface area contributed by atoms with Gasteiger partial charge in [0.2, 0.25) is 5.91 Å². The Kier molecular flexibility index (Phi) is 1.53. The third kappa shape index (κ3) is 1.75. The average molecular weight is 121 g/mol. The highest BCUT2D eigenvalue weighted by Gasteiger charge is 2.24. The standard InChI is InChI=1S/C4H5B2NO2/c5-4(6)2-9-1-3(8)7-4/h1-2H2,(H,7,8). The summed E-state index contributed by atoms with van der Waals surface area (Å²) in [4.78, 5) is 10.5. The van der Waals surface area contributed by atoms with E-state index in [1.54, 1.807) is 0 Å². The lowest BCUT2D eigenvalue weighted by Gasteiger charge is -2.31. The Morgan fingerprint density at radius 1 is 1.67 bits per heavy atom. The Balaban J connectivity index is 2.51. The lowest BCUT2D eigenvalue weighted by molar-refractivity contribution is -0.130. The SMILES string of the molecule is [B]C1([B])COCC(=O)N1. The smallest absolute Gasteiger partial charge is 0.245 e. The van der Waals surface area contributed by atoms with Crippen LogP contribution in [-0.2, 0) is 9.53 Å². The lowest BCUT2D eigenvalue weighted by Crippen LogP contribution is -2.58. The van der Waals surface area contributed by atoms with Gasteiger partial charge in [0.1, 0.15) is 6.61 Å². The predicted molar refractivity (Wildman–Crippen MR) is 33.2 cm³/mol. The summed E-state index contributed by atoms with van der Waals surface area (Å²) in [5.74, 6) is -0.272. The zero-order valence-electron chi connectivity index (χ0n) is 4.89.